The molecule has 0 bridgehead atoms. The van der Waals surface area contributed by atoms with E-state index in [-0.39, 0.29) is 29.1 Å². The first-order valence-electron chi connectivity index (χ1n) is 10.8. The van der Waals surface area contributed by atoms with Crippen molar-refractivity contribution in [2.75, 3.05) is 6.26 Å². The number of Topliss-reactive ketones (excluding diaryl/α,β-unsaturated/α-hetero) is 1. The van der Waals surface area contributed by atoms with Crippen molar-refractivity contribution in [3.05, 3.63) is 64.8 Å². The van der Waals surface area contributed by atoms with Crippen LogP contribution in [0.15, 0.2) is 46.9 Å². The number of nitrogens with zero attached hydrogens (tertiary/aromatic N) is 3. The predicted molar refractivity (Wildman–Crippen MR) is 135 cm³/mol. The summed E-state index contributed by atoms with van der Waals surface area (Å²) < 4.78 is 55.6. The molecule has 1 unspecified atom stereocenters. The molecule has 2 aromatic carbocycles. The molecule has 0 spiro atoms. The minimum absolute atomic E-state index is 0.100. The molecule has 3 N–H and O–H groups in total. The number of carbonyl (C=O) groups excluding carboxylic acids is 1. The summed E-state index contributed by atoms with van der Waals surface area (Å²) in [6.07, 6.45) is 2.32. The van der Waals surface area contributed by atoms with Crippen LogP contribution in [-0.4, -0.2) is 44.1 Å². The van der Waals surface area contributed by atoms with Crippen LogP contribution in [0.5, 0.6) is 0 Å². The third kappa shape index (κ3) is 6.02. The fraction of sp³-hybridized carbons (Fsp3) is 0.273. The van der Waals surface area contributed by atoms with E-state index in [2.05, 4.69) is 15.2 Å². The summed E-state index contributed by atoms with van der Waals surface area (Å²) in [5.41, 5.74) is 3.05. The van der Waals surface area contributed by atoms with E-state index < -0.39 is 25.3 Å². The van der Waals surface area contributed by atoms with E-state index in [4.69, 9.17) is 9.56 Å². The topological polar surface area (TPSA) is 175 Å². The molecule has 0 saturated carbocycles. The second kappa shape index (κ2) is 10.1. The number of hydrogen-bond acceptors (Lipinski definition) is 10. The van der Waals surface area contributed by atoms with Crippen molar-refractivity contribution in [1.82, 2.24) is 19.9 Å². The van der Waals surface area contributed by atoms with Crippen LogP contribution < -0.4 is 9.86 Å². The maximum Gasteiger partial charge on any atom is 0.274 e. The van der Waals surface area contributed by atoms with Gasteiger partial charge in [0.15, 0.2) is 20.9 Å². The van der Waals surface area contributed by atoms with Gasteiger partial charge >= 0.3 is 0 Å². The number of carbonyl (C=O) groups is 1. The van der Waals surface area contributed by atoms with E-state index in [1.165, 1.54) is 11.3 Å². The summed E-state index contributed by atoms with van der Waals surface area (Å²) in [4.78, 5) is 16.6. The third-order valence-electron chi connectivity index (χ3n) is 5.21. The minimum Gasteiger partial charge on any atom is -0.422 e. The summed E-state index contributed by atoms with van der Waals surface area (Å²) in [5, 5.41) is 11.3. The van der Waals surface area contributed by atoms with Gasteiger partial charge in [-0.15, -0.1) is 21.5 Å². The van der Waals surface area contributed by atoms with E-state index in [0.717, 1.165) is 28.5 Å². The summed E-state index contributed by atoms with van der Waals surface area (Å²) in [5.74, 6) is -0.268. The average molecular weight is 550 g/mol. The third-order valence-corrected chi connectivity index (χ3v) is 8.27. The zero-order valence-electron chi connectivity index (χ0n) is 19.3. The Morgan fingerprint density at radius 3 is 2.42 bits per heavy atom. The maximum atomic E-state index is 12.6. The predicted octanol–water partition coefficient (Wildman–Crippen LogP) is 2.76. The number of nitrogens with one attached hydrogen (secondary N) is 1. The Hall–Kier alpha value is -3.04. The van der Waals surface area contributed by atoms with Crippen molar-refractivity contribution >= 4 is 47.4 Å². The number of aromatic nitrogens is 3. The molecule has 190 valence electrons. The van der Waals surface area contributed by atoms with Crippen molar-refractivity contribution in [2.24, 2.45) is 5.14 Å². The number of rotatable bonds is 10. The number of ketones is 1. The first-order valence-corrected chi connectivity index (χ1v) is 15.1. The van der Waals surface area contributed by atoms with Gasteiger partial charge < -0.3 is 4.42 Å². The van der Waals surface area contributed by atoms with Crippen molar-refractivity contribution in [3.63, 3.8) is 0 Å². The van der Waals surface area contributed by atoms with E-state index in [1.54, 1.807) is 18.2 Å². The fourth-order valence-corrected chi connectivity index (χ4v) is 6.39. The average Bonchev–Trinajstić information content (AvgIpc) is 3.43. The highest BCUT2D eigenvalue weighted by atomic mass is 32.2. The van der Waals surface area contributed by atoms with Crippen LogP contribution in [0.3, 0.4) is 0 Å². The van der Waals surface area contributed by atoms with Crippen LogP contribution in [0.4, 0.5) is 0 Å². The van der Waals surface area contributed by atoms with Gasteiger partial charge in [-0.05, 0) is 29.7 Å². The van der Waals surface area contributed by atoms with Gasteiger partial charge in [-0.25, -0.2) is 18.5 Å². The van der Waals surface area contributed by atoms with E-state index >= 15 is 0 Å². The van der Waals surface area contributed by atoms with E-state index in [1.807, 2.05) is 35.9 Å². The van der Waals surface area contributed by atoms with E-state index in [0.29, 0.717) is 17.5 Å². The molecule has 2 heterocycles. The highest BCUT2D eigenvalue weighted by Crippen LogP contribution is 2.36. The summed E-state index contributed by atoms with van der Waals surface area (Å²) in [7, 11) is -7.76. The number of nitrogens with two attached hydrogens (primary N) is 1. The molecule has 11 nitrogen and oxygen atoms in total. The number of sulfone groups is 1. The van der Waals surface area contributed by atoms with Crippen LogP contribution in [0.25, 0.3) is 21.3 Å². The molecule has 0 saturated heterocycles. The molecule has 0 radical (unpaired) electrons. The molecule has 2 aromatic heterocycles. The second-order valence-corrected chi connectivity index (χ2v) is 12.7. The Balaban J connectivity index is 1.65. The fourth-order valence-electron chi connectivity index (χ4n) is 3.53. The maximum absolute atomic E-state index is 12.6. The van der Waals surface area contributed by atoms with Crippen LogP contribution in [0.1, 0.15) is 52.2 Å². The Morgan fingerprint density at radius 2 is 1.78 bits per heavy atom. The zero-order valence-corrected chi connectivity index (χ0v) is 21.8. The van der Waals surface area contributed by atoms with Gasteiger partial charge in [0.25, 0.3) is 10.2 Å². The molecule has 0 fully saturated rings. The molecule has 36 heavy (non-hydrogen) atoms. The van der Waals surface area contributed by atoms with Gasteiger partial charge in [0, 0.05) is 18.2 Å². The number of hydrogen-bond donors (Lipinski definition) is 2. The number of thiazole rings is 1. The largest absolute Gasteiger partial charge is 0.422 e. The minimum atomic E-state index is -3.99. The first kappa shape index (κ1) is 26.0. The SMILES string of the molecule is CCCC(=O)c1ccc(-c2ccc3nc(C(c4nnc(CNS(N)(=O)=O)o4)S(C)(=O)=O)sc3c2)cc1. The molecule has 4 aromatic rings. The Kier molecular flexibility index (Phi) is 7.33. The van der Waals surface area contributed by atoms with E-state index in [9.17, 15) is 21.6 Å². The van der Waals surface area contributed by atoms with Crippen molar-refractivity contribution < 1.29 is 26.0 Å². The summed E-state index contributed by atoms with van der Waals surface area (Å²) >= 11 is 1.17. The smallest absolute Gasteiger partial charge is 0.274 e. The van der Waals surface area contributed by atoms with Crippen LogP contribution in [-0.2, 0) is 26.6 Å². The van der Waals surface area contributed by atoms with Crippen LogP contribution >= 0.6 is 11.3 Å². The molecule has 4 rings (SSSR count). The van der Waals surface area contributed by atoms with Crippen molar-refractivity contribution in [3.8, 4) is 11.1 Å². The molecule has 0 aliphatic heterocycles. The van der Waals surface area contributed by atoms with Crippen LogP contribution in [0.2, 0.25) is 0 Å². The Morgan fingerprint density at radius 1 is 1.08 bits per heavy atom. The molecule has 0 aliphatic carbocycles. The van der Waals surface area contributed by atoms with Gasteiger partial charge in [-0.3, -0.25) is 4.79 Å². The van der Waals surface area contributed by atoms with Crippen molar-refractivity contribution in [1.29, 1.82) is 0 Å². The Bertz CT molecular complexity index is 1630. The Labute approximate surface area is 211 Å². The van der Waals surface area contributed by atoms with Gasteiger partial charge in [0.1, 0.15) is 5.01 Å². The molecule has 1 atom stereocenters. The lowest BCUT2D eigenvalue weighted by molar-refractivity contribution is 0.0981. The molecular formula is C22H23N5O6S3. The standard InChI is InChI=1S/C22H23N5O6S3/c1-3-4-17(28)14-7-5-13(6-8-14)15-9-10-16-18(11-15)34-22(25-16)20(35(2,29)30)21-27-26-19(33-21)12-24-36(23,31)32/h5-11,20,24H,3-4,12H2,1-2H3,(H2,23,31,32). The molecule has 14 heteroatoms. The number of fused-ring (bicyclic) bond motifs is 1. The highest BCUT2D eigenvalue weighted by molar-refractivity contribution is 7.91. The molecule has 0 aliphatic rings. The van der Waals surface area contributed by atoms with Gasteiger partial charge in [-0.2, -0.15) is 13.1 Å². The summed E-state index contributed by atoms with van der Waals surface area (Å²) in [6.45, 7) is 1.58. The normalized spacial score (nSPS) is 13.2. The lowest BCUT2D eigenvalue weighted by Crippen LogP contribution is -2.30. The van der Waals surface area contributed by atoms with Crippen molar-refractivity contribution in [2.45, 2.75) is 31.6 Å². The molecular weight excluding hydrogens is 526 g/mol. The zero-order chi connectivity index (χ0) is 26.1. The first-order chi connectivity index (χ1) is 16.9. The summed E-state index contributed by atoms with van der Waals surface area (Å²) in [6, 6.07) is 12.9. The highest BCUT2D eigenvalue weighted by Gasteiger charge is 2.34. The van der Waals surface area contributed by atoms with Crippen LogP contribution in [0, 0.1) is 0 Å². The lowest BCUT2D eigenvalue weighted by Gasteiger charge is -2.07. The second-order valence-electron chi connectivity index (χ2n) is 8.09. The van der Waals surface area contributed by atoms with Gasteiger partial charge in [0.05, 0.1) is 16.8 Å². The quantitative estimate of drug-likeness (QED) is 0.282. The molecule has 0 amide bonds. The number of benzene rings is 2. The lowest BCUT2D eigenvalue weighted by atomic mass is 10.0. The van der Waals surface area contributed by atoms with Gasteiger partial charge in [0.2, 0.25) is 11.8 Å². The van der Waals surface area contributed by atoms with Gasteiger partial charge in [-0.1, -0.05) is 37.3 Å². The monoisotopic (exact) mass is 549 g/mol.